The molecule has 6 N–H and O–H groups in total. The topological polar surface area (TPSA) is 201 Å². The van der Waals surface area contributed by atoms with Crippen molar-refractivity contribution in [2.24, 2.45) is 16.0 Å². The van der Waals surface area contributed by atoms with Gasteiger partial charge in [0.25, 0.3) is 20.2 Å². The second-order valence-electron chi connectivity index (χ2n) is 6.47. The number of urea groups is 1. The van der Waals surface area contributed by atoms with Crippen LogP contribution in [0.1, 0.15) is 6.92 Å². The molecule has 0 aliphatic carbocycles. The minimum absolute atomic E-state index is 0.00721. The molecule has 2 aromatic carbocycles. The van der Waals surface area contributed by atoms with Gasteiger partial charge in [-0.1, -0.05) is 18.2 Å². The monoisotopic (exact) mass is 533 g/mol. The molecule has 0 saturated carbocycles. The number of halogens is 2. The van der Waals surface area contributed by atoms with Crippen molar-refractivity contribution in [2.75, 3.05) is 10.6 Å². The number of amides is 2. The first-order valence-electron chi connectivity index (χ1n) is 8.79. The Bertz CT molecular complexity index is 1440. The fourth-order valence-corrected chi connectivity index (χ4v) is 3.74. The second kappa shape index (κ2) is 10.3. The molecule has 2 amide bonds. The number of hydrogen-bond donors (Lipinski definition) is 5. The zero-order valence-corrected chi connectivity index (χ0v) is 19.5. The summed E-state index contributed by atoms with van der Waals surface area (Å²) >= 11 is 5.78. The highest BCUT2D eigenvalue weighted by molar-refractivity contribution is 7.86. The third kappa shape index (κ3) is 7.06. The average Bonchev–Trinajstić information content (AvgIpc) is 2.70. The Balaban J connectivity index is 2.54. The van der Waals surface area contributed by atoms with E-state index in [2.05, 4.69) is 27.4 Å². The van der Waals surface area contributed by atoms with E-state index in [1.807, 2.05) is 0 Å². The fourth-order valence-electron chi connectivity index (χ4n) is 2.46. The molecule has 0 radical (unpaired) electrons. The van der Waals surface area contributed by atoms with Gasteiger partial charge in [0, 0.05) is 11.4 Å². The summed E-state index contributed by atoms with van der Waals surface area (Å²) in [5.74, 6) is -0.873. The van der Waals surface area contributed by atoms with Crippen molar-refractivity contribution in [1.29, 1.82) is 0 Å². The lowest BCUT2D eigenvalue weighted by atomic mass is 10.2. The van der Waals surface area contributed by atoms with Crippen LogP contribution in [0.5, 0.6) is 0 Å². The number of anilines is 2. The summed E-state index contributed by atoms with van der Waals surface area (Å²) in [5.41, 5.74) is 5.15. The van der Waals surface area contributed by atoms with E-state index >= 15 is 0 Å². The Morgan fingerprint density at radius 3 is 2.15 bits per heavy atom. The van der Waals surface area contributed by atoms with Gasteiger partial charge in [-0.15, -0.1) is 10.2 Å². The maximum absolute atomic E-state index is 13.2. The zero-order chi connectivity index (χ0) is 25.8. The first-order valence-corrected chi connectivity index (χ1v) is 12.0. The lowest BCUT2D eigenvalue weighted by Gasteiger charge is -2.12. The van der Waals surface area contributed by atoms with Crippen LogP contribution in [-0.2, 0) is 20.2 Å². The van der Waals surface area contributed by atoms with Crippen molar-refractivity contribution in [3.63, 3.8) is 0 Å². The molecule has 0 saturated heterocycles. The Hall–Kier alpha value is -3.37. The normalized spacial score (nSPS) is 12.9. The summed E-state index contributed by atoms with van der Waals surface area (Å²) in [6.07, 6.45) is 0. The molecule has 0 bridgehead atoms. The number of primary amides is 1. The third-order valence-corrected chi connectivity index (χ3v) is 6.15. The Morgan fingerprint density at radius 1 is 1.03 bits per heavy atom. The first-order chi connectivity index (χ1) is 15.6. The van der Waals surface area contributed by atoms with Crippen LogP contribution in [0.3, 0.4) is 0 Å². The molecule has 0 atom stereocenters. The van der Waals surface area contributed by atoms with Crippen molar-refractivity contribution in [3.8, 4) is 0 Å². The number of nitrogens with zero attached hydrogens (tertiary/aromatic N) is 2. The van der Waals surface area contributed by atoms with Crippen molar-refractivity contribution >= 4 is 60.6 Å². The van der Waals surface area contributed by atoms with Gasteiger partial charge in [0.15, 0.2) is 0 Å². The van der Waals surface area contributed by atoms with Gasteiger partial charge in [-0.3, -0.25) is 9.11 Å². The smallest absolute Gasteiger partial charge is 0.316 e. The number of benzene rings is 2. The van der Waals surface area contributed by atoms with Crippen molar-refractivity contribution in [2.45, 2.75) is 16.7 Å². The highest BCUT2D eigenvalue weighted by Gasteiger charge is 2.21. The van der Waals surface area contributed by atoms with Crippen LogP contribution in [0.4, 0.5) is 31.9 Å². The quantitative estimate of drug-likeness (QED) is 0.186. The molecule has 0 spiro atoms. The predicted octanol–water partition coefficient (Wildman–Crippen LogP) is 4.45. The summed E-state index contributed by atoms with van der Waals surface area (Å²) in [6, 6.07) is 5.32. The lowest BCUT2D eigenvalue weighted by molar-refractivity contribution is 0.259. The zero-order valence-electron chi connectivity index (χ0n) is 17.2. The van der Waals surface area contributed by atoms with E-state index in [9.17, 15) is 30.6 Å². The molecule has 2 aromatic rings. The summed E-state index contributed by atoms with van der Waals surface area (Å²) in [5, 5.41) is 12.3. The maximum Gasteiger partial charge on any atom is 0.316 e. The number of azo groups is 1. The van der Waals surface area contributed by atoms with Gasteiger partial charge >= 0.3 is 6.03 Å². The van der Waals surface area contributed by atoms with Crippen LogP contribution in [0.15, 0.2) is 79.6 Å². The molecular formula is C18H17ClFN5O7S2. The summed E-state index contributed by atoms with van der Waals surface area (Å²) in [4.78, 5) is 9.63. The van der Waals surface area contributed by atoms with Crippen molar-refractivity contribution < 1.29 is 35.1 Å². The predicted molar refractivity (Wildman–Crippen MR) is 122 cm³/mol. The molecule has 12 nitrogen and oxygen atoms in total. The van der Waals surface area contributed by atoms with E-state index in [0.717, 1.165) is 12.1 Å². The molecule has 182 valence electrons. The summed E-state index contributed by atoms with van der Waals surface area (Å²) in [7, 11) is -9.74. The maximum atomic E-state index is 13.2. The number of rotatable bonds is 8. The Kier molecular flexibility index (Phi) is 8.12. The summed E-state index contributed by atoms with van der Waals surface area (Å²) in [6.45, 7) is 4.55. The van der Waals surface area contributed by atoms with Crippen molar-refractivity contribution in [1.82, 2.24) is 0 Å². The van der Waals surface area contributed by atoms with E-state index in [4.69, 9.17) is 21.9 Å². The van der Waals surface area contributed by atoms with Gasteiger partial charge in [0.2, 0.25) is 0 Å². The van der Waals surface area contributed by atoms with Gasteiger partial charge in [0.1, 0.15) is 22.1 Å². The number of carbonyl (C=O) groups excluding carboxylic acids is 1. The molecule has 0 fully saturated rings. The highest BCUT2D eigenvalue weighted by Crippen LogP contribution is 2.33. The molecule has 0 aromatic heterocycles. The van der Waals surface area contributed by atoms with E-state index in [-0.39, 0.29) is 22.1 Å². The third-order valence-electron chi connectivity index (χ3n) is 3.93. The molecular weight excluding hydrogens is 517 g/mol. The van der Waals surface area contributed by atoms with E-state index in [0.29, 0.717) is 11.8 Å². The number of carbonyl (C=O) groups is 1. The Labute approximate surface area is 198 Å². The SMILES string of the molecule is C=C(F)/C(Cl)=C(\C)Nc1ccc(/N=N/c2ccc(S(=O)(=O)O)cc2S(=O)(=O)O)c(NC(N)=O)c1. The largest absolute Gasteiger partial charge is 0.358 e. The van der Waals surface area contributed by atoms with Crippen LogP contribution in [0, 0.1) is 0 Å². The van der Waals surface area contributed by atoms with E-state index in [1.54, 1.807) is 0 Å². The Morgan fingerprint density at radius 2 is 1.62 bits per heavy atom. The van der Waals surface area contributed by atoms with Crippen LogP contribution in [-0.4, -0.2) is 32.0 Å². The number of allylic oxidation sites excluding steroid dienone is 3. The molecule has 0 aliphatic heterocycles. The van der Waals surface area contributed by atoms with Crippen LogP contribution in [0.25, 0.3) is 0 Å². The summed E-state index contributed by atoms with van der Waals surface area (Å²) < 4.78 is 77.5. The molecule has 2 rings (SSSR count). The molecule has 16 heteroatoms. The molecule has 0 heterocycles. The minimum Gasteiger partial charge on any atom is -0.358 e. The molecule has 0 aliphatic rings. The molecule has 0 unspecified atom stereocenters. The fraction of sp³-hybridized carbons (Fsp3) is 0.0556. The highest BCUT2D eigenvalue weighted by atomic mass is 35.5. The van der Waals surface area contributed by atoms with Gasteiger partial charge in [-0.25, -0.2) is 9.18 Å². The minimum atomic E-state index is -4.97. The van der Waals surface area contributed by atoms with E-state index < -0.39 is 47.6 Å². The first kappa shape index (κ1) is 26.9. The standard InChI is InChI=1S/C18H17ClFN5O7S2/c1-9(20)17(19)10(2)22-11-3-5-13(15(7-11)23-18(21)26)24-25-14-6-4-12(33(27,28)29)8-16(14)34(30,31)32/h3-8,22H,1H2,2H3,(H3,21,23,26)(H,27,28,29)(H,30,31,32)/b17-10-,25-24+. The van der Waals surface area contributed by atoms with Gasteiger partial charge in [-0.2, -0.15) is 16.8 Å². The average molecular weight is 534 g/mol. The van der Waals surface area contributed by atoms with E-state index in [1.165, 1.54) is 25.1 Å². The lowest BCUT2D eigenvalue weighted by Crippen LogP contribution is -2.19. The molecule has 34 heavy (non-hydrogen) atoms. The van der Waals surface area contributed by atoms with Crippen LogP contribution in [0.2, 0.25) is 0 Å². The number of nitrogens with one attached hydrogen (secondary N) is 2. The number of hydrogen-bond acceptors (Lipinski definition) is 8. The number of nitrogens with two attached hydrogens (primary N) is 1. The van der Waals surface area contributed by atoms with Gasteiger partial charge < -0.3 is 16.4 Å². The van der Waals surface area contributed by atoms with Crippen molar-refractivity contribution in [3.05, 3.63) is 59.5 Å². The van der Waals surface area contributed by atoms with Crippen LogP contribution >= 0.6 is 11.6 Å². The second-order valence-corrected chi connectivity index (χ2v) is 9.66. The van der Waals surface area contributed by atoms with Crippen LogP contribution < -0.4 is 16.4 Å². The van der Waals surface area contributed by atoms with Gasteiger partial charge in [0.05, 0.1) is 15.6 Å². The van der Waals surface area contributed by atoms with Gasteiger partial charge in [-0.05, 0) is 43.3 Å².